The molecule has 0 bridgehead atoms. The van der Waals surface area contributed by atoms with E-state index in [2.05, 4.69) is 5.32 Å². The Hall–Kier alpha value is -0.610. The van der Waals surface area contributed by atoms with Crippen molar-refractivity contribution in [2.24, 2.45) is 5.73 Å². The van der Waals surface area contributed by atoms with Crippen molar-refractivity contribution in [1.82, 2.24) is 5.32 Å². The highest BCUT2D eigenvalue weighted by molar-refractivity contribution is 5.76. The third-order valence-electron chi connectivity index (χ3n) is 1.80. The average molecular weight is 188 g/mol. The van der Waals surface area contributed by atoms with Crippen LogP contribution in [0.2, 0.25) is 0 Å². The van der Waals surface area contributed by atoms with E-state index in [-0.39, 0.29) is 24.6 Å². The van der Waals surface area contributed by atoms with Crippen LogP contribution < -0.4 is 11.1 Å². The second-order valence-electron chi connectivity index (χ2n) is 3.50. The Morgan fingerprint density at radius 3 is 2.54 bits per heavy atom. The van der Waals surface area contributed by atoms with E-state index in [1.54, 1.807) is 0 Å². The third kappa shape index (κ3) is 7.74. The van der Waals surface area contributed by atoms with E-state index >= 15 is 0 Å². The minimum absolute atomic E-state index is 0.0123. The average Bonchev–Trinajstić information content (AvgIpc) is 2.01. The second-order valence-corrected chi connectivity index (χ2v) is 3.50. The predicted molar refractivity (Wildman–Crippen MR) is 52.2 cm³/mol. The van der Waals surface area contributed by atoms with Gasteiger partial charge in [0.15, 0.2) is 0 Å². The van der Waals surface area contributed by atoms with Gasteiger partial charge in [0.1, 0.15) is 0 Å². The van der Waals surface area contributed by atoms with Crippen molar-refractivity contribution in [2.45, 2.75) is 45.2 Å². The molecule has 0 aromatic heterocycles. The van der Waals surface area contributed by atoms with Crippen LogP contribution >= 0.6 is 0 Å². The van der Waals surface area contributed by atoms with Gasteiger partial charge in [-0.3, -0.25) is 4.79 Å². The van der Waals surface area contributed by atoms with Gasteiger partial charge in [-0.2, -0.15) is 0 Å². The van der Waals surface area contributed by atoms with Gasteiger partial charge in [-0.1, -0.05) is 0 Å². The lowest BCUT2D eigenvalue weighted by Gasteiger charge is -2.12. The van der Waals surface area contributed by atoms with E-state index in [0.717, 1.165) is 0 Å². The number of nitrogens with two attached hydrogens (primary N) is 1. The molecule has 78 valence electrons. The van der Waals surface area contributed by atoms with Gasteiger partial charge in [0.25, 0.3) is 0 Å². The topological polar surface area (TPSA) is 75.4 Å². The SMILES string of the molecule is CC(N)CCC(=O)NC(C)CCO. The number of nitrogens with one attached hydrogen (secondary N) is 1. The van der Waals surface area contributed by atoms with Crippen LogP contribution in [0.4, 0.5) is 0 Å². The van der Waals surface area contributed by atoms with E-state index in [1.807, 2.05) is 13.8 Å². The number of amides is 1. The largest absolute Gasteiger partial charge is 0.396 e. The molecule has 13 heavy (non-hydrogen) atoms. The number of aliphatic hydroxyl groups is 1. The number of hydrogen-bond donors (Lipinski definition) is 3. The first-order valence-electron chi connectivity index (χ1n) is 4.72. The van der Waals surface area contributed by atoms with Gasteiger partial charge in [0, 0.05) is 25.1 Å². The molecule has 2 atom stereocenters. The van der Waals surface area contributed by atoms with Crippen molar-refractivity contribution in [3.8, 4) is 0 Å². The maximum absolute atomic E-state index is 11.2. The Kier molecular flexibility index (Phi) is 6.54. The standard InChI is InChI=1S/C9H20N2O2/c1-7(10)3-4-9(13)11-8(2)5-6-12/h7-8,12H,3-6,10H2,1-2H3,(H,11,13). The summed E-state index contributed by atoms with van der Waals surface area (Å²) < 4.78 is 0. The van der Waals surface area contributed by atoms with E-state index in [4.69, 9.17) is 10.8 Å². The maximum Gasteiger partial charge on any atom is 0.220 e. The summed E-state index contributed by atoms with van der Waals surface area (Å²) in [6.45, 7) is 3.86. The van der Waals surface area contributed by atoms with Gasteiger partial charge >= 0.3 is 0 Å². The monoisotopic (exact) mass is 188 g/mol. The molecule has 2 unspecified atom stereocenters. The van der Waals surface area contributed by atoms with Crippen molar-refractivity contribution in [3.63, 3.8) is 0 Å². The molecule has 0 heterocycles. The van der Waals surface area contributed by atoms with Crippen molar-refractivity contribution >= 4 is 5.91 Å². The van der Waals surface area contributed by atoms with Crippen molar-refractivity contribution in [1.29, 1.82) is 0 Å². The number of rotatable bonds is 6. The first-order chi connectivity index (χ1) is 6.06. The summed E-state index contributed by atoms with van der Waals surface area (Å²) in [4.78, 5) is 11.2. The van der Waals surface area contributed by atoms with Gasteiger partial charge < -0.3 is 16.2 Å². The summed E-state index contributed by atoms with van der Waals surface area (Å²) in [5.74, 6) is 0.0123. The molecule has 0 spiro atoms. The zero-order valence-corrected chi connectivity index (χ0v) is 8.42. The highest BCUT2D eigenvalue weighted by Crippen LogP contribution is 1.95. The fourth-order valence-corrected chi connectivity index (χ4v) is 0.972. The van der Waals surface area contributed by atoms with Crippen LogP contribution in [-0.2, 0) is 4.79 Å². The predicted octanol–water partition coefficient (Wildman–Crippen LogP) is 0.000900. The normalized spacial score (nSPS) is 15.1. The molecule has 4 heteroatoms. The fourth-order valence-electron chi connectivity index (χ4n) is 0.972. The smallest absolute Gasteiger partial charge is 0.220 e. The lowest BCUT2D eigenvalue weighted by Crippen LogP contribution is -2.33. The van der Waals surface area contributed by atoms with Gasteiger partial charge in [0.05, 0.1) is 0 Å². The molecule has 0 saturated carbocycles. The first kappa shape index (κ1) is 12.4. The third-order valence-corrected chi connectivity index (χ3v) is 1.80. The highest BCUT2D eigenvalue weighted by Gasteiger charge is 2.07. The van der Waals surface area contributed by atoms with Gasteiger partial charge in [-0.25, -0.2) is 0 Å². The quantitative estimate of drug-likeness (QED) is 0.549. The van der Waals surface area contributed by atoms with Crippen LogP contribution in [0.5, 0.6) is 0 Å². The summed E-state index contributed by atoms with van der Waals surface area (Å²) in [7, 11) is 0. The Bertz CT molecular complexity index is 149. The van der Waals surface area contributed by atoms with Crippen molar-refractivity contribution in [2.75, 3.05) is 6.61 Å². The molecule has 0 aliphatic rings. The maximum atomic E-state index is 11.2. The molecular formula is C9H20N2O2. The minimum Gasteiger partial charge on any atom is -0.396 e. The van der Waals surface area contributed by atoms with E-state index in [9.17, 15) is 4.79 Å². The van der Waals surface area contributed by atoms with Crippen LogP contribution in [0.15, 0.2) is 0 Å². The molecule has 1 amide bonds. The summed E-state index contributed by atoms with van der Waals surface area (Å²) in [6.07, 6.45) is 1.77. The molecule has 0 fully saturated rings. The van der Waals surface area contributed by atoms with Crippen LogP contribution in [0.3, 0.4) is 0 Å². The van der Waals surface area contributed by atoms with E-state index in [0.29, 0.717) is 19.3 Å². The Morgan fingerprint density at radius 2 is 2.08 bits per heavy atom. The first-order valence-corrected chi connectivity index (χ1v) is 4.72. The number of carbonyl (C=O) groups is 1. The molecule has 0 aromatic rings. The number of hydrogen-bond acceptors (Lipinski definition) is 3. The van der Waals surface area contributed by atoms with Crippen molar-refractivity contribution < 1.29 is 9.90 Å². The second kappa shape index (κ2) is 6.86. The Morgan fingerprint density at radius 1 is 1.46 bits per heavy atom. The van der Waals surface area contributed by atoms with Gasteiger partial charge in [-0.05, 0) is 26.7 Å². The zero-order chi connectivity index (χ0) is 10.3. The zero-order valence-electron chi connectivity index (χ0n) is 8.42. The van der Waals surface area contributed by atoms with Crippen LogP contribution in [0, 0.1) is 0 Å². The van der Waals surface area contributed by atoms with Crippen LogP contribution in [-0.4, -0.2) is 29.7 Å². The van der Waals surface area contributed by atoms with E-state index < -0.39 is 0 Å². The minimum atomic E-state index is 0.0123. The fraction of sp³-hybridized carbons (Fsp3) is 0.889. The lowest BCUT2D eigenvalue weighted by molar-refractivity contribution is -0.121. The molecule has 0 aliphatic carbocycles. The Labute approximate surface area is 79.5 Å². The molecular weight excluding hydrogens is 168 g/mol. The Balaban J connectivity index is 3.50. The highest BCUT2D eigenvalue weighted by atomic mass is 16.3. The molecule has 0 rings (SSSR count). The van der Waals surface area contributed by atoms with Gasteiger partial charge in [-0.15, -0.1) is 0 Å². The molecule has 4 nitrogen and oxygen atoms in total. The van der Waals surface area contributed by atoms with Gasteiger partial charge in [0.2, 0.25) is 5.91 Å². The lowest BCUT2D eigenvalue weighted by atomic mass is 10.1. The number of aliphatic hydroxyl groups excluding tert-OH is 1. The van der Waals surface area contributed by atoms with Crippen LogP contribution in [0.1, 0.15) is 33.1 Å². The summed E-state index contributed by atoms with van der Waals surface area (Å²) in [5, 5.41) is 11.4. The van der Waals surface area contributed by atoms with Crippen molar-refractivity contribution in [3.05, 3.63) is 0 Å². The number of carbonyl (C=O) groups excluding carboxylic acids is 1. The summed E-state index contributed by atoms with van der Waals surface area (Å²) >= 11 is 0. The molecule has 0 aliphatic heterocycles. The van der Waals surface area contributed by atoms with E-state index in [1.165, 1.54) is 0 Å². The molecule has 4 N–H and O–H groups in total. The summed E-state index contributed by atoms with van der Waals surface area (Å²) in [5.41, 5.74) is 5.51. The van der Waals surface area contributed by atoms with Crippen LogP contribution in [0.25, 0.3) is 0 Å². The molecule has 0 radical (unpaired) electrons. The molecule has 0 aromatic carbocycles. The summed E-state index contributed by atoms with van der Waals surface area (Å²) in [6, 6.07) is 0.115. The molecule has 0 saturated heterocycles.